The molecule has 0 spiro atoms. The first-order valence-corrected chi connectivity index (χ1v) is 9.48. The molecule has 8 nitrogen and oxygen atoms in total. The Hall–Kier alpha value is -2.61. The summed E-state index contributed by atoms with van der Waals surface area (Å²) in [5.74, 6) is -0.0686. The molecule has 0 bridgehead atoms. The molecule has 152 valence electrons. The summed E-state index contributed by atoms with van der Waals surface area (Å²) < 4.78 is 21.4. The molecule has 2 aliphatic rings. The summed E-state index contributed by atoms with van der Waals surface area (Å²) in [6.45, 7) is 2.01. The molecular weight excluding hydrogens is 366 g/mol. The third-order valence-corrected chi connectivity index (χ3v) is 4.86. The molecule has 8 heteroatoms. The first kappa shape index (κ1) is 20.1. The van der Waals surface area contributed by atoms with Gasteiger partial charge in [0.25, 0.3) is 5.91 Å². The van der Waals surface area contributed by atoms with Gasteiger partial charge in [-0.1, -0.05) is 0 Å². The Labute approximate surface area is 163 Å². The van der Waals surface area contributed by atoms with Crippen LogP contribution in [0.1, 0.15) is 36.0 Å². The monoisotopic (exact) mass is 391 g/mol. The van der Waals surface area contributed by atoms with Crippen LogP contribution in [0.15, 0.2) is 18.2 Å². The Kier molecular flexibility index (Phi) is 6.86. The predicted octanol–water partition coefficient (Wildman–Crippen LogP) is 1.60. The third-order valence-electron chi connectivity index (χ3n) is 4.86. The van der Waals surface area contributed by atoms with Crippen molar-refractivity contribution in [2.24, 2.45) is 0 Å². The number of methoxy groups -OCH3 is 1. The molecule has 1 aromatic carbocycles. The lowest BCUT2D eigenvalue weighted by molar-refractivity contribution is -0.137. The van der Waals surface area contributed by atoms with E-state index in [0.717, 1.165) is 12.8 Å². The molecule has 1 saturated heterocycles. The number of benzene rings is 1. The first-order chi connectivity index (χ1) is 13.6. The van der Waals surface area contributed by atoms with Gasteiger partial charge in [0.2, 0.25) is 0 Å². The summed E-state index contributed by atoms with van der Waals surface area (Å²) in [5, 5.41) is 0. The van der Waals surface area contributed by atoms with Crippen LogP contribution in [0.2, 0.25) is 0 Å². The number of nitrogens with zero attached hydrogens (tertiary/aromatic N) is 1. The molecular formula is C20H25NO7. The van der Waals surface area contributed by atoms with Crippen molar-refractivity contribution >= 4 is 17.7 Å². The molecule has 1 aliphatic heterocycles. The Bertz CT molecular complexity index is 727. The van der Waals surface area contributed by atoms with E-state index in [2.05, 4.69) is 0 Å². The van der Waals surface area contributed by atoms with Crippen LogP contribution in [0.25, 0.3) is 0 Å². The van der Waals surface area contributed by atoms with Gasteiger partial charge in [0.1, 0.15) is 0 Å². The van der Waals surface area contributed by atoms with E-state index in [1.54, 1.807) is 11.0 Å². The van der Waals surface area contributed by atoms with Crippen molar-refractivity contribution in [2.75, 3.05) is 40.0 Å². The quantitative estimate of drug-likeness (QED) is 0.680. The summed E-state index contributed by atoms with van der Waals surface area (Å²) in [6, 6.07) is 4.58. The molecule has 1 saturated carbocycles. The van der Waals surface area contributed by atoms with E-state index in [1.807, 2.05) is 0 Å². The van der Waals surface area contributed by atoms with Crippen molar-refractivity contribution in [2.45, 2.75) is 31.8 Å². The summed E-state index contributed by atoms with van der Waals surface area (Å²) in [4.78, 5) is 38.1. The van der Waals surface area contributed by atoms with E-state index in [9.17, 15) is 14.4 Å². The van der Waals surface area contributed by atoms with E-state index < -0.39 is 12.1 Å². The summed E-state index contributed by atoms with van der Waals surface area (Å²) >= 11 is 0. The lowest BCUT2D eigenvalue weighted by Crippen LogP contribution is -2.43. The van der Waals surface area contributed by atoms with Crippen LogP contribution in [-0.4, -0.2) is 68.7 Å². The molecule has 3 rings (SSSR count). The van der Waals surface area contributed by atoms with Crippen LogP contribution in [-0.2, 0) is 19.1 Å². The Morgan fingerprint density at radius 1 is 1.18 bits per heavy atom. The second-order valence-electron chi connectivity index (χ2n) is 6.75. The van der Waals surface area contributed by atoms with Gasteiger partial charge in [0, 0.05) is 19.5 Å². The lowest BCUT2D eigenvalue weighted by Gasteiger charge is -2.26. The minimum Gasteiger partial charge on any atom is -0.493 e. The summed E-state index contributed by atoms with van der Waals surface area (Å²) in [5.41, 5.74) is 0.266. The van der Waals surface area contributed by atoms with Gasteiger partial charge < -0.3 is 23.8 Å². The number of carbonyl (C=O) groups excluding carboxylic acids is 3. The van der Waals surface area contributed by atoms with Crippen LogP contribution in [0, 0.1) is 0 Å². The van der Waals surface area contributed by atoms with Gasteiger partial charge in [0.15, 0.2) is 30.0 Å². The van der Waals surface area contributed by atoms with Crippen LogP contribution in [0.3, 0.4) is 0 Å². The van der Waals surface area contributed by atoms with Gasteiger partial charge in [-0.2, -0.15) is 0 Å². The second kappa shape index (κ2) is 9.54. The van der Waals surface area contributed by atoms with Gasteiger partial charge in [-0.3, -0.25) is 9.59 Å². The molecule has 0 aromatic heterocycles. The fourth-order valence-electron chi connectivity index (χ4n) is 3.23. The molecule has 1 atom stereocenters. The first-order valence-electron chi connectivity index (χ1n) is 9.48. The number of amides is 1. The molecule has 1 aromatic rings. The van der Waals surface area contributed by atoms with E-state index in [0.29, 0.717) is 50.6 Å². The maximum atomic E-state index is 12.4. The smallest absolute Gasteiger partial charge is 0.338 e. The average Bonchev–Trinajstić information content (AvgIpc) is 2.74. The molecule has 1 amide bonds. The minimum absolute atomic E-state index is 0.0341. The Morgan fingerprint density at radius 2 is 1.96 bits per heavy atom. The lowest BCUT2D eigenvalue weighted by atomic mass is 9.96. The van der Waals surface area contributed by atoms with Gasteiger partial charge in [-0.15, -0.1) is 0 Å². The average molecular weight is 391 g/mol. The number of ketones is 1. The molecule has 0 unspecified atom stereocenters. The van der Waals surface area contributed by atoms with Crippen molar-refractivity contribution in [3.8, 4) is 11.5 Å². The van der Waals surface area contributed by atoms with Crippen molar-refractivity contribution in [1.82, 2.24) is 4.90 Å². The molecule has 0 N–H and O–H groups in total. The maximum Gasteiger partial charge on any atom is 0.338 e. The van der Waals surface area contributed by atoms with Crippen LogP contribution < -0.4 is 9.47 Å². The normalized spacial score (nSPS) is 19.8. The van der Waals surface area contributed by atoms with Crippen LogP contribution >= 0.6 is 0 Å². The molecule has 0 radical (unpaired) electrons. The van der Waals surface area contributed by atoms with Crippen LogP contribution in [0.5, 0.6) is 11.5 Å². The van der Waals surface area contributed by atoms with E-state index in [1.165, 1.54) is 19.2 Å². The SMILES string of the molecule is COc1cc(C(=O)O[C@@H]2CCCCC2=O)ccc1OCC(=O)N1CCOCC1. The number of hydrogen-bond donors (Lipinski definition) is 0. The highest BCUT2D eigenvalue weighted by molar-refractivity contribution is 5.93. The standard InChI is InChI=1S/C20H25NO7/c1-25-18-12-14(20(24)28-16-5-3-2-4-15(16)22)6-7-17(18)27-13-19(23)21-8-10-26-11-9-21/h6-7,12,16H,2-5,8-11,13H2,1H3/t16-/m1/s1. The molecule has 1 aliphatic carbocycles. The van der Waals surface area contributed by atoms with E-state index >= 15 is 0 Å². The number of esters is 1. The number of carbonyl (C=O) groups is 3. The Balaban J connectivity index is 1.60. The number of rotatable bonds is 6. The van der Waals surface area contributed by atoms with Gasteiger partial charge in [0.05, 0.1) is 25.9 Å². The number of morpholine rings is 1. The number of ether oxygens (including phenoxy) is 4. The predicted molar refractivity (Wildman–Crippen MR) is 98.6 cm³/mol. The fourth-order valence-corrected chi connectivity index (χ4v) is 3.23. The van der Waals surface area contributed by atoms with E-state index in [-0.39, 0.29) is 23.9 Å². The van der Waals surface area contributed by atoms with Gasteiger partial charge in [-0.05, 0) is 37.5 Å². The van der Waals surface area contributed by atoms with Gasteiger partial charge in [-0.25, -0.2) is 4.79 Å². The molecule has 1 heterocycles. The van der Waals surface area contributed by atoms with Gasteiger partial charge >= 0.3 is 5.97 Å². The van der Waals surface area contributed by atoms with Crippen molar-refractivity contribution in [1.29, 1.82) is 0 Å². The van der Waals surface area contributed by atoms with Crippen molar-refractivity contribution in [3.63, 3.8) is 0 Å². The highest BCUT2D eigenvalue weighted by atomic mass is 16.5. The summed E-state index contributed by atoms with van der Waals surface area (Å²) in [6.07, 6.45) is 2.05. The Morgan fingerprint density at radius 3 is 2.68 bits per heavy atom. The van der Waals surface area contributed by atoms with Crippen LogP contribution in [0.4, 0.5) is 0 Å². The topological polar surface area (TPSA) is 91.4 Å². The number of Topliss-reactive ketones (excluding diaryl/α,β-unsaturated/α-hetero) is 1. The zero-order valence-electron chi connectivity index (χ0n) is 16.0. The fraction of sp³-hybridized carbons (Fsp3) is 0.550. The summed E-state index contributed by atoms with van der Waals surface area (Å²) in [7, 11) is 1.45. The zero-order chi connectivity index (χ0) is 19.9. The van der Waals surface area contributed by atoms with Crippen molar-refractivity contribution < 1.29 is 33.3 Å². The molecule has 2 fully saturated rings. The minimum atomic E-state index is -0.672. The number of hydrogen-bond acceptors (Lipinski definition) is 7. The maximum absolute atomic E-state index is 12.4. The largest absolute Gasteiger partial charge is 0.493 e. The van der Waals surface area contributed by atoms with E-state index in [4.69, 9.17) is 18.9 Å². The van der Waals surface area contributed by atoms with Crippen molar-refractivity contribution in [3.05, 3.63) is 23.8 Å². The molecule has 28 heavy (non-hydrogen) atoms. The highest BCUT2D eigenvalue weighted by Gasteiger charge is 2.26. The highest BCUT2D eigenvalue weighted by Crippen LogP contribution is 2.29. The zero-order valence-corrected chi connectivity index (χ0v) is 16.0. The third kappa shape index (κ3) is 5.01. The second-order valence-corrected chi connectivity index (χ2v) is 6.75.